The van der Waals surface area contributed by atoms with Crippen molar-refractivity contribution in [2.24, 2.45) is 0 Å². The first kappa shape index (κ1) is 14.5. The van der Waals surface area contributed by atoms with Gasteiger partial charge in [0.05, 0.1) is 0 Å². The van der Waals surface area contributed by atoms with Crippen LogP contribution in [0.4, 0.5) is 0 Å². The van der Waals surface area contributed by atoms with Crippen LogP contribution in [0.2, 0.25) is 0 Å². The minimum absolute atomic E-state index is 0.494. The summed E-state index contributed by atoms with van der Waals surface area (Å²) < 4.78 is 5.09. The molecule has 0 aliphatic carbocycles. The third kappa shape index (κ3) is 4.94. The van der Waals surface area contributed by atoms with Crippen molar-refractivity contribution in [2.75, 3.05) is 39.9 Å². The summed E-state index contributed by atoms with van der Waals surface area (Å²) in [7, 11) is 1.78. The predicted octanol–water partition coefficient (Wildman–Crippen LogP) is 2.45. The van der Waals surface area contributed by atoms with Gasteiger partial charge in [0.1, 0.15) is 0 Å². The number of nitrogens with zero attached hydrogens (tertiary/aromatic N) is 1. The van der Waals surface area contributed by atoms with E-state index in [0.717, 1.165) is 19.7 Å². The van der Waals surface area contributed by atoms with Crippen LogP contribution in [-0.2, 0) is 4.74 Å². The molecule has 3 nitrogen and oxygen atoms in total. The second-order valence-electron chi connectivity index (χ2n) is 5.27. The van der Waals surface area contributed by atoms with E-state index in [2.05, 4.69) is 40.5 Å². The van der Waals surface area contributed by atoms with E-state index in [-0.39, 0.29) is 0 Å². The summed E-state index contributed by atoms with van der Waals surface area (Å²) >= 11 is 0. The second-order valence-corrected chi connectivity index (χ2v) is 5.27. The summed E-state index contributed by atoms with van der Waals surface area (Å²) in [5.74, 6) is 0. The highest BCUT2D eigenvalue weighted by Gasteiger charge is 2.19. The van der Waals surface area contributed by atoms with Crippen molar-refractivity contribution in [1.29, 1.82) is 0 Å². The summed E-state index contributed by atoms with van der Waals surface area (Å²) in [6, 6.07) is 11.3. The highest BCUT2D eigenvalue weighted by molar-refractivity contribution is 5.19. The molecule has 1 aromatic rings. The fraction of sp³-hybridized carbons (Fsp3) is 0.625. The Labute approximate surface area is 116 Å². The fourth-order valence-electron chi connectivity index (χ4n) is 2.68. The van der Waals surface area contributed by atoms with Crippen LogP contribution in [0.5, 0.6) is 0 Å². The molecule has 1 aromatic carbocycles. The molecule has 106 valence electrons. The van der Waals surface area contributed by atoms with Crippen LogP contribution in [0.1, 0.15) is 30.9 Å². The van der Waals surface area contributed by atoms with Crippen LogP contribution in [0.15, 0.2) is 30.3 Å². The van der Waals surface area contributed by atoms with E-state index in [0.29, 0.717) is 6.04 Å². The minimum Gasteiger partial charge on any atom is -0.385 e. The van der Waals surface area contributed by atoms with Gasteiger partial charge in [-0.05, 0) is 31.4 Å². The van der Waals surface area contributed by atoms with Crippen molar-refractivity contribution in [2.45, 2.75) is 25.3 Å². The van der Waals surface area contributed by atoms with Crippen molar-refractivity contribution in [3.63, 3.8) is 0 Å². The molecule has 1 fully saturated rings. The molecule has 0 bridgehead atoms. The zero-order valence-corrected chi connectivity index (χ0v) is 12.0. The van der Waals surface area contributed by atoms with Gasteiger partial charge in [0.2, 0.25) is 0 Å². The summed E-state index contributed by atoms with van der Waals surface area (Å²) in [4.78, 5) is 2.58. The van der Waals surface area contributed by atoms with E-state index >= 15 is 0 Å². The highest BCUT2D eigenvalue weighted by Crippen LogP contribution is 2.17. The van der Waals surface area contributed by atoms with Gasteiger partial charge >= 0.3 is 0 Å². The van der Waals surface area contributed by atoms with Gasteiger partial charge in [0, 0.05) is 39.4 Å². The average molecular weight is 262 g/mol. The SMILES string of the molecule is COCCCCCN1CCNC(c2ccccc2)C1. The standard InChI is InChI=1S/C16H26N2O/c1-19-13-7-3-6-11-18-12-10-17-16(14-18)15-8-4-2-5-9-15/h2,4-5,8-9,16-17H,3,6-7,10-14H2,1H3. The maximum Gasteiger partial charge on any atom is 0.0462 e. The lowest BCUT2D eigenvalue weighted by Gasteiger charge is -2.34. The Bertz CT molecular complexity index is 342. The first-order valence-electron chi connectivity index (χ1n) is 7.40. The number of hydrogen-bond donors (Lipinski definition) is 1. The number of piperazine rings is 1. The van der Waals surface area contributed by atoms with Crippen LogP contribution in [0, 0.1) is 0 Å². The molecule has 1 heterocycles. The van der Waals surface area contributed by atoms with Crippen molar-refractivity contribution in [3.05, 3.63) is 35.9 Å². The normalized spacial score (nSPS) is 20.6. The van der Waals surface area contributed by atoms with Crippen molar-refractivity contribution < 1.29 is 4.74 Å². The highest BCUT2D eigenvalue weighted by atomic mass is 16.5. The molecule has 0 spiro atoms. The van der Waals surface area contributed by atoms with E-state index in [1.54, 1.807) is 7.11 Å². The third-order valence-corrected chi connectivity index (χ3v) is 3.78. The molecule has 0 saturated carbocycles. The van der Waals surface area contributed by atoms with Gasteiger partial charge < -0.3 is 15.0 Å². The molecule has 3 heteroatoms. The summed E-state index contributed by atoms with van der Waals surface area (Å²) in [6.07, 6.45) is 3.74. The minimum atomic E-state index is 0.494. The summed E-state index contributed by atoms with van der Waals surface area (Å²) in [5.41, 5.74) is 1.41. The Balaban J connectivity index is 1.72. The van der Waals surface area contributed by atoms with Gasteiger partial charge in [-0.3, -0.25) is 0 Å². The van der Waals surface area contributed by atoms with Crippen LogP contribution < -0.4 is 5.32 Å². The second kappa shape index (κ2) is 8.31. The topological polar surface area (TPSA) is 24.5 Å². The Kier molecular flexibility index (Phi) is 6.34. The van der Waals surface area contributed by atoms with Gasteiger partial charge in [0.15, 0.2) is 0 Å². The first-order valence-corrected chi connectivity index (χ1v) is 7.40. The van der Waals surface area contributed by atoms with E-state index in [1.807, 2.05) is 0 Å². The lowest BCUT2D eigenvalue weighted by Crippen LogP contribution is -2.45. The maximum absolute atomic E-state index is 5.09. The lowest BCUT2D eigenvalue weighted by molar-refractivity contribution is 0.179. The van der Waals surface area contributed by atoms with Crippen molar-refractivity contribution in [3.8, 4) is 0 Å². The molecule has 2 rings (SSSR count). The van der Waals surface area contributed by atoms with Crippen LogP contribution >= 0.6 is 0 Å². The largest absolute Gasteiger partial charge is 0.385 e. The number of nitrogens with one attached hydrogen (secondary N) is 1. The van der Waals surface area contributed by atoms with E-state index < -0.39 is 0 Å². The molecular formula is C16H26N2O. The van der Waals surface area contributed by atoms with E-state index in [4.69, 9.17) is 4.74 Å². The number of ether oxygens (including phenoxy) is 1. The first-order chi connectivity index (χ1) is 9.40. The van der Waals surface area contributed by atoms with Gasteiger partial charge in [-0.15, -0.1) is 0 Å². The molecule has 1 atom stereocenters. The van der Waals surface area contributed by atoms with Gasteiger partial charge in [-0.25, -0.2) is 0 Å². The van der Waals surface area contributed by atoms with Gasteiger partial charge in [0.25, 0.3) is 0 Å². The number of rotatable bonds is 7. The Morgan fingerprint density at radius 2 is 2.05 bits per heavy atom. The molecule has 1 N–H and O–H groups in total. The fourth-order valence-corrected chi connectivity index (χ4v) is 2.68. The molecule has 1 aliphatic heterocycles. The molecule has 0 radical (unpaired) electrons. The Morgan fingerprint density at radius 3 is 2.84 bits per heavy atom. The predicted molar refractivity (Wildman–Crippen MR) is 79.4 cm³/mol. The molecule has 1 unspecified atom stereocenters. The van der Waals surface area contributed by atoms with Crippen LogP contribution in [0.25, 0.3) is 0 Å². The lowest BCUT2D eigenvalue weighted by atomic mass is 10.0. The Morgan fingerprint density at radius 1 is 1.21 bits per heavy atom. The molecule has 19 heavy (non-hydrogen) atoms. The summed E-state index contributed by atoms with van der Waals surface area (Å²) in [5, 5.41) is 3.61. The van der Waals surface area contributed by atoms with Crippen molar-refractivity contribution in [1.82, 2.24) is 10.2 Å². The molecule has 0 aromatic heterocycles. The van der Waals surface area contributed by atoms with Crippen molar-refractivity contribution >= 4 is 0 Å². The molecule has 1 saturated heterocycles. The maximum atomic E-state index is 5.09. The average Bonchev–Trinajstić information content (AvgIpc) is 2.48. The monoisotopic (exact) mass is 262 g/mol. The zero-order chi connectivity index (χ0) is 13.3. The van der Waals surface area contributed by atoms with E-state index in [1.165, 1.54) is 37.9 Å². The summed E-state index contributed by atoms with van der Waals surface area (Å²) in [6.45, 7) is 5.52. The molecular weight excluding hydrogens is 236 g/mol. The van der Waals surface area contributed by atoms with Gasteiger partial charge in [-0.1, -0.05) is 30.3 Å². The number of hydrogen-bond acceptors (Lipinski definition) is 3. The zero-order valence-electron chi connectivity index (χ0n) is 12.0. The van der Waals surface area contributed by atoms with Crippen LogP contribution in [-0.4, -0.2) is 44.8 Å². The Hall–Kier alpha value is -0.900. The number of benzene rings is 1. The molecule has 0 amide bonds. The third-order valence-electron chi connectivity index (χ3n) is 3.78. The molecule has 1 aliphatic rings. The number of unbranched alkanes of at least 4 members (excludes halogenated alkanes) is 2. The van der Waals surface area contributed by atoms with Gasteiger partial charge in [-0.2, -0.15) is 0 Å². The quantitative estimate of drug-likeness (QED) is 0.764. The van der Waals surface area contributed by atoms with E-state index in [9.17, 15) is 0 Å². The van der Waals surface area contributed by atoms with Crippen LogP contribution in [0.3, 0.4) is 0 Å². The number of methoxy groups -OCH3 is 1. The smallest absolute Gasteiger partial charge is 0.0462 e.